The number of carbonyl (C=O) groups excluding carboxylic acids is 1. The molecule has 2 N–H and O–H groups in total. The molecule has 114 valence electrons. The van der Waals surface area contributed by atoms with E-state index in [2.05, 4.69) is 20.5 Å². The predicted molar refractivity (Wildman–Crippen MR) is 87.3 cm³/mol. The minimum atomic E-state index is -0.0973. The van der Waals surface area contributed by atoms with E-state index in [4.69, 9.17) is 23.2 Å². The van der Waals surface area contributed by atoms with Crippen molar-refractivity contribution in [3.63, 3.8) is 0 Å². The molecule has 5 nitrogen and oxygen atoms in total. The molecule has 1 amide bonds. The molecule has 1 heterocycles. The summed E-state index contributed by atoms with van der Waals surface area (Å²) in [7, 11) is 1.99. The van der Waals surface area contributed by atoms with Crippen molar-refractivity contribution >= 4 is 40.8 Å². The third-order valence-electron chi connectivity index (χ3n) is 3.06. The molecule has 21 heavy (non-hydrogen) atoms. The van der Waals surface area contributed by atoms with Gasteiger partial charge in [0.15, 0.2) is 5.96 Å². The number of anilines is 1. The average molecular weight is 329 g/mol. The van der Waals surface area contributed by atoms with Gasteiger partial charge >= 0.3 is 0 Å². The van der Waals surface area contributed by atoms with Crippen molar-refractivity contribution in [3.8, 4) is 0 Å². The van der Waals surface area contributed by atoms with Crippen LogP contribution in [-0.2, 0) is 4.79 Å². The van der Waals surface area contributed by atoms with Crippen molar-refractivity contribution < 1.29 is 4.79 Å². The zero-order valence-electron chi connectivity index (χ0n) is 11.8. The van der Waals surface area contributed by atoms with Gasteiger partial charge < -0.3 is 15.5 Å². The number of hydrogen-bond acceptors (Lipinski definition) is 4. The van der Waals surface area contributed by atoms with Crippen molar-refractivity contribution in [2.24, 2.45) is 4.99 Å². The van der Waals surface area contributed by atoms with Gasteiger partial charge in [-0.1, -0.05) is 23.2 Å². The second-order valence-electron chi connectivity index (χ2n) is 4.86. The number of rotatable bonds is 4. The van der Waals surface area contributed by atoms with Crippen molar-refractivity contribution in [2.45, 2.75) is 12.8 Å². The summed E-state index contributed by atoms with van der Waals surface area (Å²) in [4.78, 5) is 18.3. The van der Waals surface area contributed by atoms with Crippen molar-refractivity contribution in [3.05, 3.63) is 28.2 Å². The highest BCUT2D eigenvalue weighted by atomic mass is 35.5. The molecule has 0 bridgehead atoms. The number of nitrogens with one attached hydrogen (secondary N) is 2. The van der Waals surface area contributed by atoms with Crippen LogP contribution in [0.25, 0.3) is 0 Å². The maximum atomic E-state index is 11.9. The smallest absolute Gasteiger partial charge is 0.226 e. The minimum Gasteiger partial charge on any atom is -0.356 e. The van der Waals surface area contributed by atoms with Crippen LogP contribution in [0.15, 0.2) is 23.2 Å². The molecule has 0 fully saturated rings. The SMILES string of the molecule is CN1CCCN=C1NCCC(=O)Nc1cc(Cl)cc(Cl)c1. The highest BCUT2D eigenvalue weighted by Crippen LogP contribution is 2.22. The summed E-state index contributed by atoms with van der Waals surface area (Å²) in [6.07, 6.45) is 1.41. The Labute approximate surface area is 134 Å². The van der Waals surface area contributed by atoms with Crippen LogP contribution in [0.3, 0.4) is 0 Å². The molecule has 0 radical (unpaired) electrons. The van der Waals surface area contributed by atoms with Crippen LogP contribution in [0.5, 0.6) is 0 Å². The topological polar surface area (TPSA) is 56.7 Å². The Bertz CT molecular complexity index is 528. The molecule has 0 atom stereocenters. The maximum Gasteiger partial charge on any atom is 0.226 e. The monoisotopic (exact) mass is 328 g/mol. The number of hydrogen-bond donors (Lipinski definition) is 2. The van der Waals surface area contributed by atoms with Crippen LogP contribution in [-0.4, -0.2) is 43.4 Å². The summed E-state index contributed by atoms with van der Waals surface area (Å²) in [5, 5.41) is 6.93. The summed E-state index contributed by atoms with van der Waals surface area (Å²) < 4.78 is 0. The van der Waals surface area contributed by atoms with E-state index in [1.807, 2.05) is 7.05 Å². The van der Waals surface area contributed by atoms with Crippen LogP contribution < -0.4 is 10.6 Å². The fraction of sp³-hybridized carbons (Fsp3) is 0.429. The molecular weight excluding hydrogens is 311 g/mol. The maximum absolute atomic E-state index is 11.9. The lowest BCUT2D eigenvalue weighted by Gasteiger charge is -2.25. The van der Waals surface area contributed by atoms with E-state index >= 15 is 0 Å². The normalized spacial score (nSPS) is 14.6. The largest absolute Gasteiger partial charge is 0.356 e. The van der Waals surface area contributed by atoms with Crippen molar-refractivity contribution in [1.29, 1.82) is 0 Å². The Morgan fingerprint density at radius 2 is 2.05 bits per heavy atom. The quantitative estimate of drug-likeness (QED) is 0.893. The fourth-order valence-corrected chi connectivity index (χ4v) is 2.57. The molecule has 0 aromatic heterocycles. The molecule has 0 saturated carbocycles. The number of guanidine groups is 1. The van der Waals surface area contributed by atoms with Crippen LogP contribution in [0.1, 0.15) is 12.8 Å². The Kier molecular flexibility index (Phi) is 5.70. The lowest BCUT2D eigenvalue weighted by atomic mass is 10.3. The summed E-state index contributed by atoms with van der Waals surface area (Å²) >= 11 is 11.8. The van der Waals surface area contributed by atoms with Crippen LogP contribution >= 0.6 is 23.2 Å². The van der Waals surface area contributed by atoms with E-state index in [9.17, 15) is 4.79 Å². The number of nitrogens with zero attached hydrogens (tertiary/aromatic N) is 2. The predicted octanol–water partition coefficient (Wildman–Crippen LogP) is 2.60. The van der Waals surface area contributed by atoms with Gasteiger partial charge in [-0.05, 0) is 24.6 Å². The first-order chi connectivity index (χ1) is 10.0. The van der Waals surface area contributed by atoms with E-state index < -0.39 is 0 Å². The van der Waals surface area contributed by atoms with Gasteiger partial charge in [0.25, 0.3) is 0 Å². The van der Waals surface area contributed by atoms with Crippen LogP contribution in [0.2, 0.25) is 10.0 Å². The average Bonchev–Trinajstić information content (AvgIpc) is 2.39. The van der Waals surface area contributed by atoms with Crippen molar-refractivity contribution in [2.75, 3.05) is 32.0 Å². The molecule has 1 aromatic carbocycles. The molecule has 0 aliphatic carbocycles. The van der Waals surface area contributed by atoms with E-state index in [1.54, 1.807) is 18.2 Å². The molecule has 1 aliphatic rings. The standard InChI is InChI=1S/C14H18Cl2N4O/c1-20-6-2-4-17-14(20)18-5-3-13(21)19-12-8-10(15)7-11(16)9-12/h7-9H,2-6H2,1H3,(H,17,18)(H,19,21). The molecular formula is C14H18Cl2N4O. The molecule has 7 heteroatoms. The molecule has 2 rings (SSSR count). The number of amides is 1. The number of benzene rings is 1. The van der Waals surface area contributed by atoms with Gasteiger partial charge in [0.1, 0.15) is 0 Å². The van der Waals surface area contributed by atoms with Gasteiger partial charge in [-0.2, -0.15) is 0 Å². The van der Waals surface area contributed by atoms with E-state index in [0.717, 1.165) is 25.5 Å². The van der Waals surface area contributed by atoms with Gasteiger partial charge in [-0.15, -0.1) is 0 Å². The zero-order chi connectivity index (χ0) is 15.2. The summed E-state index contributed by atoms with van der Waals surface area (Å²) in [6.45, 7) is 2.35. The first kappa shape index (κ1) is 15.9. The Morgan fingerprint density at radius 3 is 2.71 bits per heavy atom. The number of aliphatic imine (C=N–C) groups is 1. The Hall–Kier alpha value is -1.46. The number of halogens is 2. The first-order valence-corrected chi connectivity index (χ1v) is 7.55. The molecule has 0 spiro atoms. The van der Waals surface area contributed by atoms with Gasteiger partial charge in [0.05, 0.1) is 0 Å². The minimum absolute atomic E-state index is 0.0973. The summed E-state index contributed by atoms with van der Waals surface area (Å²) in [5.41, 5.74) is 0.602. The van der Waals surface area contributed by atoms with Crippen LogP contribution in [0.4, 0.5) is 5.69 Å². The third-order valence-corrected chi connectivity index (χ3v) is 3.49. The van der Waals surface area contributed by atoms with Crippen LogP contribution in [0, 0.1) is 0 Å². The first-order valence-electron chi connectivity index (χ1n) is 6.80. The van der Waals surface area contributed by atoms with Gasteiger partial charge in [-0.3, -0.25) is 9.79 Å². The summed E-state index contributed by atoms with van der Waals surface area (Å²) in [6, 6.07) is 4.95. The van der Waals surface area contributed by atoms with Gasteiger partial charge in [0.2, 0.25) is 5.91 Å². The number of carbonyl (C=O) groups is 1. The second kappa shape index (κ2) is 7.52. The Morgan fingerprint density at radius 1 is 1.33 bits per heavy atom. The molecule has 1 aromatic rings. The van der Waals surface area contributed by atoms with Crippen molar-refractivity contribution in [1.82, 2.24) is 10.2 Å². The summed E-state index contributed by atoms with van der Waals surface area (Å²) in [5.74, 6) is 0.750. The third kappa shape index (κ3) is 5.10. The lowest BCUT2D eigenvalue weighted by Crippen LogP contribution is -2.43. The second-order valence-corrected chi connectivity index (χ2v) is 5.74. The van der Waals surface area contributed by atoms with E-state index in [0.29, 0.717) is 28.7 Å². The highest BCUT2D eigenvalue weighted by molar-refractivity contribution is 6.35. The Balaban J connectivity index is 1.78. The molecule has 1 aliphatic heterocycles. The van der Waals surface area contributed by atoms with Gasteiger partial charge in [-0.25, -0.2) is 0 Å². The lowest BCUT2D eigenvalue weighted by molar-refractivity contribution is -0.116. The fourth-order valence-electron chi connectivity index (χ4n) is 2.05. The molecule has 0 saturated heterocycles. The zero-order valence-corrected chi connectivity index (χ0v) is 13.3. The van der Waals surface area contributed by atoms with E-state index in [1.165, 1.54) is 0 Å². The van der Waals surface area contributed by atoms with Gasteiger partial charge in [0, 0.05) is 48.8 Å². The molecule has 0 unspecified atom stereocenters. The van der Waals surface area contributed by atoms with E-state index in [-0.39, 0.29) is 5.91 Å². The highest BCUT2D eigenvalue weighted by Gasteiger charge is 2.11.